The maximum Gasteiger partial charge on any atom is 0.220 e. The van der Waals surface area contributed by atoms with Gasteiger partial charge in [-0.1, -0.05) is 5.16 Å². The van der Waals surface area contributed by atoms with E-state index < -0.39 is 0 Å². The lowest BCUT2D eigenvalue weighted by molar-refractivity contribution is -0.122. The summed E-state index contributed by atoms with van der Waals surface area (Å²) in [7, 11) is 0. The number of nitrogens with zero attached hydrogens (tertiary/aromatic N) is 1. The predicted octanol–water partition coefficient (Wildman–Crippen LogP) is 2.25. The number of piperidine rings is 1. The van der Waals surface area contributed by atoms with E-state index >= 15 is 0 Å². The van der Waals surface area contributed by atoms with Crippen LogP contribution in [-0.4, -0.2) is 24.2 Å². The van der Waals surface area contributed by atoms with Crippen LogP contribution in [0.2, 0.25) is 0 Å². The highest BCUT2D eigenvalue weighted by Crippen LogP contribution is 2.21. The van der Waals surface area contributed by atoms with Crippen molar-refractivity contribution in [3.05, 3.63) is 17.0 Å². The van der Waals surface area contributed by atoms with Crippen molar-refractivity contribution in [1.82, 2.24) is 15.8 Å². The molecule has 2 unspecified atom stereocenters. The minimum atomic E-state index is -0.0433. The number of carbonyl (C=O) groups excluding carboxylic acids is 1. The zero-order chi connectivity index (χ0) is 14.5. The molecule has 2 N–H and O–H groups in total. The van der Waals surface area contributed by atoms with Gasteiger partial charge in [-0.2, -0.15) is 0 Å². The van der Waals surface area contributed by atoms with Crippen molar-refractivity contribution >= 4 is 5.91 Å². The summed E-state index contributed by atoms with van der Waals surface area (Å²) in [4.78, 5) is 12.0. The number of amides is 1. The summed E-state index contributed by atoms with van der Waals surface area (Å²) >= 11 is 0. The summed E-state index contributed by atoms with van der Waals surface area (Å²) in [6.07, 6.45) is 4.02. The number of carbonyl (C=O) groups is 1. The third-order valence-electron chi connectivity index (χ3n) is 4.08. The molecule has 1 aromatic heterocycles. The van der Waals surface area contributed by atoms with E-state index in [1.807, 2.05) is 20.8 Å². The van der Waals surface area contributed by atoms with Crippen molar-refractivity contribution in [2.45, 2.75) is 52.5 Å². The molecule has 1 aliphatic heterocycles. The summed E-state index contributed by atoms with van der Waals surface area (Å²) in [5, 5.41) is 10.4. The second kappa shape index (κ2) is 6.88. The first-order chi connectivity index (χ1) is 9.58. The summed E-state index contributed by atoms with van der Waals surface area (Å²) in [6, 6.07) is -0.0433. The summed E-state index contributed by atoms with van der Waals surface area (Å²) in [6.45, 7) is 7.93. The first kappa shape index (κ1) is 15.0. The van der Waals surface area contributed by atoms with Crippen LogP contribution in [0.1, 0.15) is 55.7 Å². The van der Waals surface area contributed by atoms with Crippen molar-refractivity contribution in [3.63, 3.8) is 0 Å². The van der Waals surface area contributed by atoms with Crippen molar-refractivity contribution < 1.29 is 9.32 Å². The van der Waals surface area contributed by atoms with Crippen LogP contribution in [-0.2, 0) is 4.79 Å². The van der Waals surface area contributed by atoms with Gasteiger partial charge in [0.25, 0.3) is 0 Å². The van der Waals surface area contributed by atoms with Crippen LogP contribution < -0.4 is 10.6 Å². The van der Waals surface area contributed by atoms with Crippen LogP contribution in [0.15, 0.2) is 4.52 Å². The van der Waals surface area contributed by atoms with Crippen LogP contribution in [0, 0.1) is 19.8 Å². The predicted molar refractivity (Wildman–Crippen MR) is 77.4 cm³/mol. The van der Waals surface area contributed by atoms with Crippen LogP contribution in [0.5, 0.6) is 0 Å². The second-order valence-electron chi connectivity index (χ2n) is 5.78. The van der Waals surface area contributed by atoms with Crippen LogP contribution >= 0.6 is 0 Å². The average Bonchev–Trinajstić information content (AvgIpc) is 2.77. The van der Waals surface area contributed by atoms with Gasteiger partial charge in [-0.15, -0.1) is 0 Å². The first-order valence-electron chi connectivity index (χ1n) is 7.50. The number of hydrogen-bond acceptors (Lipinski definition) is 4. The maximum absolute atomic E-state index is 12.0. The van der Waals surface area contributed by atoms with Gasteiger partial charge in [0.1, 0.15) is 5.76 Å². The highest BCUT2D eigenvalue weighted by atomic mass is 16.5. The molecule has 1 aliphatic rings. The average molecular weight is 279 g/mol. The summed E-state index contributed by atoms with van der Waals surface area (Å²) in [5.41, 5.74) is 1.85. The normalized spacial score (nSPS) is 20.6. The molecule has 0 spiro atoms. The van der Waals surface area contributed by atoms with E-state index in [9.17, 15) is 4.79 Å². The first-order valence-corrected chi connectivity index (χ1v) is 7.50. The summed E-state index contributed by atoms with van der Waals surface area (Å²) < 4.78 is 5.14. The monoisotopic (exact) mass is 279 g/mol. The molecular formula is C15H25N3O2. The molecule has 2 atom stereocenters. The van der Waals surface area contributed by atoms with E-state index in [-0.39, 0.29) is 11.9 Å². The molecule has 1 saturated heterocycles. The molecule has 0 aliphatic carbocycles. The Morgan fingerprint density at radius 2 is 2.35 bits per heavy atom. The fourth-order valence-corrected chi connectivity index (χ4v) is 3.00. The van der Waals surface area contributed by atoms with Gasteiger partial charge in [0, 0.05) is 12.0 Å². The van der Waals surface area contributed by atoms with Gasteiger partial charge in [-0.3, -0.25) is 4.79 Å². The van der Waals surface area contributed by atoms with Crippen LogP contribution in [0.25, 0.3) is 0 Å². The van der Waals surface area contributed by atoms with Gasteiger partial charge in [0.15, 0.2) is 0 Å². The number of aromatic nitrogens is 1. The van der Waals surface area contributed by atoms with E-state index in [1.165, 1.54) is 12.8 Å². The van der Waals surface area contributed by atoms with Crippen molar-refractivity contribution in [2.75, 3.05) is 13.1 Å². The second-order valence-corrected chi connectivity index (χ2v) is 5.78. The molecule has 2 heterocycles. The van der Waals surface area contributed by atoms with Gasteiger partial charge in [-0.25, -0.2) is 0 Å². The fourth-order valence-electron chi connectivity index (χ4n) is 3.00. The van der Waals surface area contributed by atoms with E-state index in [0.717, 1.165) is 36.5 Å². The van der Waals surface area contributed by atoms with Gasteiger partial charge in [0.05, 0.1) is 11.7 Å². The Hall–Kier alpha value is -1.36. The number of aryl methyl sites for hydroxylation is 2. The number of hydrogen-bond donors (Lipinski definition) is 2. The van der Waals surface area contributed by atoms with Gasteiger partial charge in [-0.05, 0) is 59.0 Å². The summed E-state index contributed by atoms with van der Waals surface area (Å²) in [5.74, 6) is 1.54. The third kappa shape index (κ3) is 3.82. The Labute approximate surface area is 120 Å². The number of nitrogens with one attached hydrogen (secondary N) is 2. The molecule has 0 saturated carbocycles. The molecular weight excluding hydrogens is 254 g/mol. The molecule has 20 heavy (non-hydrogen) atoms. The third-order valence-corrected chi connectivity index (χ3v) is 4.08. The zero-order valence-corrected chi connectivity index (χ0v) is 12.7. The largest absolute Gasteiger partial charge is 0.361 e. The molecule has 5 nitrogen and oxygen atoms in total. The van der Waals surface area contributed by atoms with Crippen molar-refractivity contribution in [2.24, 2.45) is 5.92 Å². The smallest absolute Gasteiger partial charge is 0.220 e. The minimum absolute atomic E-state index is 0.0433. The molecule has 1 aromatic rings. The van der Waals surface area contributed by atoms with E-state index in [2.05, 4.69) is 15.8 Å². The zero-order valence-electron chi connectivity index (χ0n) is 12.7. The fraction of sp³-hybridized carbons (Fsp3) is 0.733. The molecule has 1 amide bonds. The molecule has 0 bridgehead atoms. The highest BCUT2D eigenvalue weighted by Gasteiger charge is 2.19. The SMILES string of the molecule is Cc1noc(C)c1C(C)NC(=O)CCC1CCCNC1. The Balaban J connectivity index is 1.79. The lowest BCUT2D eigenvalue weighted by atomic mass is 9.94. The molecule has 2 rings (SSSR count). The van der Waals surface area contributed by atoms with Gasteiger partial charge < -0.3 is 15.2 Å². The molecule has 0 radical (unpaired) electrons. The van der Waals surface area contributed by atoms with E-state index in [1.54, 1.807) is 0 Å². The van der Waals surface area contributed by atoms with Gasteiger partial charge >= 0.3 is 0 Å². The molecule has 0 aromatic carbocycles. The van der Waals surface area contributed by atoms with Crippen LogP contribution in [0.3, 0.4) is 0 Å². The highest BCUT2D eigenvalue weighted by molar-refractivity contribution is 5.76. The van der Waals surface area contributed by atoms with Crippen molar-refractivity contribution in [1.29, 1.82) is 0 Å². The lowest BCUT2D eigenvalue weighted by Crippen LogP contribution is -2.32. The van der Waals surface area contributed by atoms with Crippen molar-refractivity contribution in [3.8, 4) is 0 Å². The minimum Gasteiger partial charge on any atom is -0.361 e. The Morgan fingerprint density at radius 1 is 1.55 bits per heavy atom. The Bertz CT molecular complexity index is 430. The maximum atomic E-state index is 12.0. The van der Waals surface area contributed by atoms with Gasteiger partial charge in [0.2, 0.25) is 5.91 Å². The lowest BCUT2D eigenvalue weighted by Gasteiger charge is -2.22. The molecule has 1 fully saturated rings. The topological polar surface area (TPSA) is 67.2 Å². The Morgan fingerprint density at radius 3 is 2.95 bits per heavy atom. The quantitative estimate of drug-likeness (QED) is 0.867. The standard InChI is InChI=1S/C15H25N3O2/c1-10(15-11(2)18-20-12(15)3)17-14(19)7-6-13-5-4-8-16-9-13/h10,13,16H,4-9H2,1-3H3,(H,17,19). The Kier molecular flexibility index (Phi) is 5.17. The van der Waals surface area contributed by atoms with E-state index in [4.69, 9.17) is 4.52 Å². The molecule has 5 heteroatoms. The van der Waals surface area contributed by atoms with E-state index in [0.29, 0.717) is 12.3 Å². The number of rotatable bonds is 5. The molecule has 112 valence electrons. The van der Waals surface area contributed by atoms with Crippen LogP contribution in [0.4, 0.5) is 0 Å².